The summed E-state index contributed by atoms with van der Waals surface area (Å²) < 4.78 is 0. The first-order valence-electron chi connectivity index (χ1n) is 9.77. The van der Waals surface area contributed by atoms with Crippen LogP contribution in [0.3, 0.4) is 0 Å². The van der Waals surface area contributed by atoms with Crippen LogP contribution in [0.1, 0.15) is 43.6 Å². The second-order valence-corrected chi connectivity index (χ2v) is 7.41. The van der Waals surface area contributed by atoms with E-state index in [4.69, 9.17) is 12.2 Å². The molecule has 0 aromatic heterocycles. The van der Waals surface area contributed by atoms with E-state index in [-0.39, 0.29) is 22.8 Å². The molecule has 0 spiro atoms. The number of aryl methyl sites for hydroxylation is 1. The largest absolute Gasteiger partial charge is 0.332 e. The Morgan fingerprint density at radius 3 is 2.16 bits per heavy atom. The van der Waals surface area contributed by atoms with Crippen LogP contribution in [0.4, 0.5) is 11.4 Å². The predicted octanol–water partition coefficient (Wildman–Crippen LogP) is 4.18. The van der Waals surface area contributed by atoms with Crippen molar-refractivity contribution < 1.29 is 14.4 Å². The van der Waals surface area contributed by atoms with Crippen LogP contribution in [0.5, 0.6) is 0 Å². The monoisotopic (exact) mass is 429 g/mol. The lowest BCUT2D eigenvalue weighted by molar-refractivity contribution is 0.0924. The molecule has 4 rings (SSSR count). The zero-order valence-corrected chi connectivity index (χ0v) is 17.5. The summed E-state index contributed by atoms with van der Waals surface area (Å²) in [7, 11) is 0. The van der Waals surface area contributed by atoms with Crippen LogP contribution in [0.25, 0.3) is 0 Å². The van der Waals surface area contributed by atoms with E-state index in [1.54, 1.807) is 60.7 Å². The number of hydrogen-bond acceptors (Lipinski definition) is 4. The van der Waals surface area contributed by atoms with Crippen LogP contribution in [0, 0.1) is 0 Å². The van der Waals surface area contributed by atoms with Crippen LogP contribution in [-0.2, 0) is 6.42 Å². The number of amides is 3. The normalized spacial score (nSPS) is 12.5. The lowest BCUT2D eigenvalue weighted by Gasteiger charge is -2.16. The van der Waals surface area contributed by atoms with Gasteiger partial charge in [0.25, 0.3) is 17.7 Å². The molecule has 0 bridgehead atoms. The minimum absolute atomic E-state index is 0.115. The van der Waals surface area contributed by atoms with Crippen LogP contribution >= 0.6 is 12.2 Å². The van der Waals surface area contributed by atoms with Gasteiger partial charge < -0.3 is 5.32 Å². The van der Waals surface area contributed by atoms with Crippen LogP contribution in [0.2, 0.25) is 0 Å². The van der Waals surface area contributed by atoms with Crippen molar-refractivity contribution in [2.24, 2.45) is 0 Å². The maximum Gasteiger partial charge on any atom is 0.266 e. The number of nitrogens with one attached hydrogen (secondary N) is 2. The highest BCUT2D eigenvalue weighted by molar-refractivity contribution is 7.80. The van der Waals surface area contributed by atoms with Crippen molar-refractivity contribution in [2.75, 3.05) is 10.2 Å². The Morgan fingerprint density at radius 2 is 1.55 bits per heavy atom. The number of anilines is 2. The van der Waals surface area contributed by atoms with E-state index in [1.807, 2.05) is 19.1 Å². The summed E-state index contributed by atoms with van der Waals surface area (Å²) in [6.45, 7) is 2.05. The van der Waals surface area contributed by atoms with Gasteiger partial charge in [-0.25, -0.2) is 4.90 Å². The molecule has 0 atom stereocenters. The highest BCUT2D eigenvalue weighted by Gasteiger charge is 2.36. The summed E-state index contributed by atoms with van der Waals surface area (Å²) in [4.78, 5) is 38.9. The van der Waals surface area contributed by atoms with Gasteiger partial charge in [0, 0.05) is 11.3 Å². The van der Waals surface area contributed by atoms with Gasteiger partial charge in [0.05, 0.1) is 16.8 Å². The smallest absolute Gasteiger partial charge is 0.266 e. The first-order chi connectivity index (χ1) is 15.0. The average Bonchev–Trinajstić information content (AvgIpc) is 3.04. The molecule has 3 aromatic carbocycles. The molecule has 7 heteroatoms. The molecular weight excluding hydrogens is 410 g/mol. The fraction of sp³-hybridized carbons (Fsp3) is 0.0833. The van der Waals surface area contributed by atoms with Gasteiger partial charge in [0.1, 0.15) is 0 Å². The summed E-state index contributed by atoms with van der Waals surface area (Å²) in [6.07, 6.45) is 0.894. The fourth-order valence-corrected chi connectivity index (χ4v) is 3.59. The van der Waals surface area contributed by atoms with Crippen molar-refractivity contribution in [1.29, 1.82) is 0 Å². The van der Waals surface area contributed by atoms with Crippen molar-refractivity contribution in [3.05, 3.63) is 95.1 Å². The Labute approximate surface area is 184 Å². The maximum absolute atomic E-state index is 12.7. The van der Waals surface area contributed by atoms with Gasteiger partial charge in [0.15, 0.2) is 5.11 Å². The molecule has 1 aliphatic heterocycles. The molecule has 3 amide bonds. The summed E-state index contributed by atoms with van der Waals surface area (Å²) in [5.74, 6) is -1.06. The van der Waals surface area contributed by atoms with E-state index in [2.05, 4.69) is 10.6 Å². The molecule has 6 nitrogen and oxygen atoms in total. The molecule has 154 valence electrons. The Bertz CT molecular complexity index is 1170. The number of imide groups is 1. The van der Waals surface area contributed by atoms with Gasteiger partial charge >= 0.3 is 0 Å². The van der Waals surface area contributed by atoms with E-state index >= 15 is 0 Å². The molecular formula is C24H19N3O3S. The maximum atomic E-state index is 12.7. The molecule has 0 saturated heterocycles. The third-order valence-electron chi connectivity index (χ3n) is 5.01. The van der Waals surface area contributed by atoms with Gasteiger partial charge in [0.2, 0.25) is 0 Å². The SMILES string of the molecule is CCc1ccc(C(=O)NC(=S)Nc2cccc(N3C(=O)c4ccccc4C3=O)c2)cc1. The van der Waals surface area contributed by atoms with E-state index in [1.165, 1.54) is 0 Å². The first kappa shape index (κ1) is 20.4. The Hall–Kier alpha value is -3.84. The van der Waals surface area contributed by atoms with Crippen LogP contribution in [0.15, 0.2) is 72.8 Å². The Morgan fingerprint density at radius 1 is 0.903 bits per heavy atom. The predicted molar refractivity (Wildman–Crippen MR) is 124 cm³/mol. The number of nitrogens with zero attached hydrogens (tertiary/aromatic N) is 1. The fourth-order valence-electron chi connectivity index (χ4n) is 3.38. The van der Waals surface area contributed by atoms with Gasteiger partial charge in [-0.1, -0.05) is 37.3 Å². The van der Waals surface area contributed by atoms with Crippen molar-refractivity contribution in [1.82, 2.24) is 5.32 Å². The number of hydrogen-bond donors (Lipinski definition) is 2. The van der Waals surface area contributed by atoms with Gasteiger partial charge in [-0.3, -0.25) is 19.7 Å². The second-order valence-electron chi connectivity index (χ2n) is 7.00. The average molecular weight is 430 g/mol. The molecule has 1 heterocycles. The Kier molecular flexibility index (Phi) is 5.60. The summed E-state index contributed by atoms with van der Waals surface area (Å²) >= 11 is 5.25. The molecule has 0 saturated carbocycles. The molecule has 3 aromatic rings. The lowest BCUT2D eigenvalue weighted by Crippen LogP contribution is -2.34. The standard InChI is InChI=1S/C24H19N3O3S/c1-2-15-10-12-16(13-11-15)21(28)26-24(31)25-17-6-5-7-18(14-17)27-22(29)19-8-3-4-9-20(19)23(27)30/h3-14H,2H2,1H3,(H2,25,26,28,31). The number of benzene rings is 3. The number of carbonyl (C=O) groups excluding carboxylic acids is 3. The highest BCUT2D eigenvalue weighted by Crippen LogP contribution is 2.29. The zero-order valence-electron chi connectivity index (χ0n) is 16.7. The summed E-state index contributed by atoms with van der Waals surface area (Å²) in [5, 5.41) is 5.68. The topological polar surface area (TPSA) is 78.5 Å². The highest BCUT2D eigenvalue weighted by atomic mass is 32.1. The van der Waals surface area contributed by atoms with E-state index in [0.717, 1.165) is 16.9 Å². The Balaban J connectivity index is 1.46. The zero-order chi connectivity index (χ0) is 22.0. The first-order valence-corrected chi connectivity index (χ1v) is 10.2. The molecule has 0 aliphatic carbocycles. The summed E-state index contributed by atoms with van der Waals surface area (Å²) in [5.41, 5.74) is 3.36. The van der Waals surface area contributed by atoms with Gasteiger partial charge in [-0.05, 0) is 66.7 Å². The molecule has 2 N–H and O–H groups in total. The van der Waals surface area contributed by atoms with Crippen molar-refractivity contribution in [2.45, 2.75) is 13.3 Å². The molecule has 0 unspecified atom stereocenters. The van der Waals surface area contributed by atoms with Crippen molar-refractivity contribution in [3.8, 4) is 0 Å². The van der Waals surface area contributed by atoms with E-state index in [9.17, 15) is 14.4 Å². The minimum Gasteiger partial charge on any atom is -0.332 e. The quantitative estimate of drug-likeness (QED) is 0.481. The molecule has 31 heavy (non-hydrogen) atoms. The van der Waals surface area contributed by atoms with Crippen LogP contribution in [-0.4, -0.2) is 22.8 Å². The molecule has 0 radical (unpaired) electrons. The van der Waals surface area contributed by atoms with Crippen molar-refractivity contribution >= 4 is 46.4 Å². The third-order valence-corrected chi connectivity index (χ3v) is 5.21. The van der Waals surface area contributed by atoms with E-state index in [0.29, 0.717) is 28.1 Å². The lowest BCUT2D eigenvalue weighted by atomic mass is 10.1. The molecule has 0 fully saturated rings. The van der Waals surface area contributed by atoms with Crippen LogP contribution < -0.4 is 15.5 Å². The summed E-state index contributed by atoms with van der Waals surface area (Å²) in [6, 6.07) is 20.8. The minimum atomic E-state index is -0.371. The van der Waals surface area contributed by atoms with Gasteiger partial charge in [-0.15, -0.1) is 0 Å². The van der Waals surface area contributed by atoms with Gasteiger partial charge in [-0.2, -0.15) is 0 Å². The third kappa shape index (κ3) is 4.08. The molecule has 1 aliphatic rings. The van der Waals surface area contributed by atoms with E-state index < -0.39 is 0 Å². The second kappa shape index (κ2) is 8.49. The number of thiocarbonyl (C=S) groups is 1. The number of fused-ring (bicyclic) bond motifs is 1. The number of rotatable bonds is 4. The van der Waals surface area contributed by atoms with Crippen molar-refractivity contribution in [3.63, 3.8) is 0 Å². The number of carbonyl (C=O) groups is 3.